The lowest BCUT2D eigenvalue weighted by Crippen LogP contribution is -2.23. The molecule has 140 valence electrons. The molecule has 1 aromatic heterocycles. The number of aryl methyl sites for hydroxylation is 2. The van der Waals surface area contributed by atoms with E-state index >= 15 is 0 Å². The summed E-state index contributed by atoms with van der Waals surface area (Å²) in [6.45, 7) is 8.33. The average molecular weight is 377 g/mol. The Morgan fingerprint density at radius 2 is 1.92 bits per heavy atom. The number of anilines is 2. The second-order valence-corrected chi connectivity index (χ2v) is 6.88. The highest BCUT2D eigenvalue weighted by Gasteiger charge is 2.19. The number of halogens is 1. The average Bonchev–Trinajstić information content (AvgIpc) is 2.87. The lowest BCUT2D eigenvalue weighted by molar-refractivity contribution is -0.115. The van der Waals surface area contributed by atoms with Gasteiger partial charge in [-0.15, -0.1) is 11.6 Å². The van der Waals surface area contributed by atoms with E-state index in [9.17, 15) is 9.59 Å². The number of para-hydroxylation sites is 1. The number of carbonyl (C=O) groups is 2. The highest BCUT2D eigenvalue weighted by atomic mass is 35.5. The van der Waals surface area contributed by atoms with Crippen molar-refractivity contribution in [3.05, 3.63) is 41.2 Å². The molecule has 1 heterocycles. The topological polar surface area (TPSA) is 76.0 Å². The molecule has 0 bridgehead atoms. The molecule has 6 nitrogen and oxygen atoms in total. The zero-order valence-electron chi connectivity index (χ0n) is 15.6. The van der Waals surface area contributed by atoms with Crippen molar-refractivity contribution in [2.24, 2.45) is 0 Å². The Kier molecular flexibility index (Phi) is 6.80. The Bertz CT molecular complexity index is 799. The first-order chi connectivity index (χ1) is 12.3. The largest absolute Gasteiger partial charge is 0.324 e. The molecule has 0 aliphatic carbocycles. The maximum atomic E-state index is 12.8. The molecule has 26 heavy (non-hydrogen) atoms. The van der Waals surface area contributed by atoms with Crippen molar-refractivity contribution in [1.29, 1.82) is 0 Å². The van der Waals surface area contributed by atoms with E-state index in [1.807, 2.05) is 18.5 Å². The minimum atomic E-state index is -0.688. The van der Waals surface area contributed by atoms with Gasteiger partial charge in [-0.1, -0.05) is 25.5 Å². The Morgan fingerprint density at radius 3 is 2.58 bits per heavy atom. The van der Waals surface area contributed by atoms with Gasteiger partial charge in [0.2, 0.25) is 5.91 Å². The van der Waals surface area contributed by atoms with Gasteiger partial charge in [0, 0.05) is 6.54 Å². The van der Waals surface area contributed by atoms with Gasteiger partial charge in [-0.3, -0.25) is 14.3 Å². The molecule has 0 aliphatic heterocycles. The molecule has 0 saturated heterocycles. The maximum absolute atomic E-state index is 12.8. The lowest BCUT2D eigenvalue weighted by atomic mass is 10.1. The van der Waals surface area contributed by atoms with Gasteiger partial charge in [0.05, 0.1) is 28.3 Å². The molecule has 7 heteroatoms. The molecular weight excluding hydrogens is 352 g/mol. The SMILES string of the molecule is CCCCn1nc(C)c(NC(=O)c2ccccc2NC(=O)C(C)Cl)c1C. The number of amides is 2. The molecule has 2 aromatic rings. The molecule has 0 spiro atoms. The van der Waals surface area contributed by atoms with Crippen LogP contribution >= 0.6 is 11.6 Å². The van der Waals surface area contributed by atoms with Gasteiger partial charge >= 0.3 is 0 Å². The predicted molar refractivity (Wildman–Crippen MR) is 105 cm³/mol. The van der Waals surface area contributed by atoms with Crippen LogP contribution in [0.3, 0.4) is 0 Å². The molecule has 2 N–H and O–H groups in total. The zero-order chi connectivity index (χ0) is 19.3. The fraction of sp³-hybridized carbons (Fsp3) is 0.421. The van der Waals surface area contributed by atoms with Crippen molar-refractivity contribution in [1.82, 2.24) is 9.78 Å². The number of nitrogens with zero attached hydrogens (tertiary/aromatic N) is 2. The number of hydrogen-bond donors (Lipinski definition) is 2. The second-order valence-electron chi connectivity index (χ2n) is 6.23. The molecule has 1 unspecified atom stereocenters. The van der Waals surface area contributed by atoms with Gasteiger partial charge in [-0.2, -0.15) is 5.10 Å². The van der Waals surface area contributed by atoms with Crippen molar-refractivity contribution < 1.29 is 9.59 Å². The summed E-state index contributed by atoms with van der Waals surface area (Å²) in [6.07, 6.45) is 2.10. The normalized spacial score (nSPS) is 11.9. The van der Waals surface area contributed by atoms with Crippen LogP contribution in [0.15, 0.2) is 24.3 Å². The number of hydrogen-bond acceptors (Lipinski definition) is 3. The van der Waals surface area contributed by atoms with Crippen molar-refractivity contribution in [3.8, 4) is 0 Å². The molecule has 1 aromatic carbocycles. The first-order valence-corrected chi connectivity index (χ1v) is 9.18. The fourth-order valence-electron chi connectivity index (χ4n) is 2.61. The van der Waals surface area contributed by atoms with E-state index in [-0.39, 0.29) is 11.8 Å². The highest BCUT2D eigenvalue weighted by molar-refractivity contribution is 6.32. The third kappa shape index (κ3) is 4.64. The predicted octanol–water partition coefficient (Wildman–Crippen LogP) is 4.12. The Balaban J connectivity index is 2.23. The van der Waals surface area contributed by atoms with Crippen LogP contribution in [0.25, 0.3) is 0 Å². The number of benzene rings is 1. The summed E-state index contributed by atoms with van der Waals surface area (Å²) in [6, 6.07) is 6.84. The van der Waals surface area contributed by atoms with Crippen LogP contribution in [0.5, 0.6) is 0 Å². The van der Waals surface area contributed by atoms with Crippen LogP contribution in [0.2, 0.25) is 0 Å². The van der Waals surface area contributed by atoms with E-state index in [1.165, 1.54) is 0 Å². The van der Waals surface area contributed by atoms with Crippen LogP contribution in [-0.2, 0) is 11.3 Å². The summed E-state index contributed by atoms with van der Waals surface area (Å²) in [5.41, 5.74) is 3.19. The van der Waals surface area contributed by atoms with Crippen LogP contribution in [0.1, 0.15) is 48.4 Å². The third-order valence-electron chi connectivity index (χ3n) is 4.13. The molecule has 2 amide bonds. The van der Waals surface area contributed by atoms with Crippen LogP contribution in [0, 0.1) is 13.8 Å². The van der Waals surface area contributed by atoms with Gasteiger partial charge < -0.3 is 10.6 Å². The Hall–Kier alpha value is -2.34. The monoisotopic (exact) mass is 376 g/mol. The highest BCUT2D eigenvalue weighted by Crippen LogP contribution is 2.23. The van der Waals surface area contributed by atoms with E-state index in [1.54, 1.807) is 31.2 Å². The quantitative estimate of drug-likeness (QED) is 0.713. The molecule has 0 aliphatic rings. The summed E-state index contributed by atoms with van der Waals surface area (Å²) < 4.78 is 1.91. The maximum Gasteiger partial charge on any atom is 0.257 e. The minimum Gasteiger partial charge on any atom is -0.324 e. The molecule has 0 fully saturated rings. The first kappa shape index (κ1) is 20.0. The standard InChI is InChI=1S/C19H25ClN4O2/c1-5-6-11-24-14(4)17(13(3)23-24)22-19(26)15-9-7-8-10-16(15)21-18(25)12(2)20/h7-10,12H,5-6,11H2,1-4H3,(H,21,25)(H,22,26). The number of alkyl halides is 1. The van der Waals surface area contributed by atoms with Crippen LogP contribution < -0.4 is 10.6 Å². The summed E-state index contributed by atoms with van der Waals surface area (Å²) in [4.78, 5) is 24.7. The van der Waals surface area contributed by atoms with Crippen LogP contribution in [-0.4, -0.2) is 27.0 Å². The number of aromatic nitrogens is 2. The summed E-state index contributed by atoms with van der Waals surface area (Å²) in [7, 11) is 0. The molecule has 0 radical (unpaired) electrons. The summed E-state index contributed by atoms with van der Waals surface area (Å²) in [5, 5.41) is 9.43. The number of nitrogens with one attached hydrogen (secondary N) is 2. The van der Waals surface area contributed by atoms with Crippen molar-refractivity contribution >= 4 is 34.8 Å². The van der Waals surface area contributed by atoms with E-state index in [2.05, 4.69) is 22.7 Å². The van der Waals surface area contributed by atoms with Gasteiger partial charge in [0.1, 0.15) is 5.38 Å². The van der Waals surface area contributed by atoms with Gasteiger partial charge in [-0.25, -0.2) is 0 Å². The molecule has 0 saturated carbocycles. The van der Waals surface area contributed by atoms with E-state index in [0.29, 0.717) is 16.9 Å². The van der Waals surface area contributed by atoms with Crippen molar-refractivity contribution in [2.75, 3.05) is 10.6 Å². The van der Waals surface area contributed by atoms with Crippen molar-refractivity contribution in [2.45, 2.75) is 52.5 Å². The Morgan fingerprint density at radius 1 is 1.23 bits per heavy atom. The van der Waals surface area contributed by atoms with E-state index in [4.69, 9.17) is 11.6 Å². The number of unbranched alkanes of at least 4 members (excludes halogenated alkanes) is 1. The molecule has 1 atom stereocenters. The fourth-order valence-corrected chi connectivity index (χ4v) is 2.66. The summed E-state index contributed by atoms with van der Waals surface area (Å²) in [5.74, 6) is -0.656. The van der Waals surface area contributed by atoms with Gasteiger partial charge in [0.25, 0.3) is 5.91 Å². The number of rotatable bonds is 7. The lowest BCUT2D eigenvalue weighted by Gasteiger charge is -2.12. The van der Waals surface area contributed by atoms with Crippen LogP contribution in [0.4, 0.5) is 11.4 Å². The second kappa shape index (κ2) is 8.85. The van der Waals surface area contributed by atoms with Gasteiger partial charge in [0.15, 0.2) is 0 Å². The van der Waals surface area contributed by atoms with Crippen molar-refractivity contribution in [3.63, 3.8) is 0 Å². The first-order valence-electron chi connectivity index (χ1n) is 8.74. The number of carbonyl (C=O) groups excluding carboxylic acids is 2. The minimum absolute atomic E-state index is 0.302. The molecule has 2 rings (SSSR count). The molecular formula is C19H25ClN4O2. The van der Waals surface area contributed by atoms with E-state index in [0.717, 1.165) is 30.8 Å². The van der Waals surface area contributed by atoms with E-state index < -0.39 is 5.38 Å². The Labute approximate surface area is 158 Å². The summed E-state index contributed by atoms with van der Waals surface area (Å²) >= 11 is 5.80. The third-order valence-corrected chi connectivity index (χ3v) is 4.33. The zero-order valence-corrected chi connectivity index (χ0v) is 16.4. The smallest absolute Gasteiger partial charge is 0.257 e. The van der Waals surface area contributed by atoms with Gasteiger partial charge in [-0.05, 0) is 39.3 Å².